The Balaban J connectivity index is 1.98. The second-order valence-electron chi connectivity index (χ2n) is 6.48. The molecule has 1 amide bonds. The van der Waals surface area contributed by atoms with Gasteiger partial charge < -0.3 is 20.1 Å². The average Bonchev–Trinajstić information content (AvgIpc) is 2.68. The molecule has 0 aliphatic carbocycles. The highest BCUT2D eigenvalue weighted by molar-refractivity contribution is 5.93. The molecule has 1 atom stereocenters. The smallest absolute Gasteiger partial charge is 0.307 e. The minimum Gasteiger partial charge on any atom is -0.469 e. The molecule has 0 aliphatic heterocycles. The summed E-state index contributed by atoms with van der Waals surface area (Å²) in [5.41, 5.74) is 0.0733. The van der Waals surface area contributed by atoms with Gasteiger partial charge in [-0.1, -0.05) is 37.3 Å². The van der Waals surface area contributed by atoms with Crippen LogP contribution in [-0.4, -0.2) is 31.1 Å². The molecule has 0 aromatic heterocycles. The molecule has 2 rings (SSSR count). The summed E-state index contributed by atoms with van der Waals surface area (Å²) in [5, 5.41) is 6.00. The van der Waals surface area contributed by atoms with E-state index in [1.165, 1.54) is 7.11 Å². The van der Waals surface area contributed by atoms with Crippen molar-refractivity contribution in [3.8, 4) is 11.5 Å². The summed E-state index contributed by atoms with van der Waals surface area (Å²) in [6.07, 6.45) is 0.879. The molecule has 27 heavy (non-hydrogen) atoms. The first-order valence-corrected chi connectivity index (χ1v) is 8.89. The number of benzene rings is 2. The maximum atomic E-state index is 12.4. The summed E-state index contributed by atoms with van der Waals surface area (Å²) < 4.78 is 10.6. The summed E-state index contributed by atoms with van der Waals surface area (Å²) in [4.78, 5) is 24.0. The first-order chi connectivity index (χ1) is 13.0. The van der Waals surface area contributed by atoms with Crippen LogP contribution in [-0.2, 0) is 14.3 Å². The number of rotatable bonds is 9. The number of anilines is 1. The maximum absolute atomic E-state index is 12.4. The molecule has 0 radical (unpaired) electrons. The number of ether oxygens (including phenoxy) is 2. The fourth-order valence-electron chi connectivity index (χ4n) is 2.47. The van der Waals surface area contributed by atoms with Gasteiger partial charge in [-0.15, -0.1) is 0 Å². The van der Waals surface area contributed by atoms with Gasteiger partial charge >= 0.3 is 5.97 Å². The number of esters is 1. The molecule has 2 aromatic rings. The van der Waals surface area contributed by atoms with Crippen LogP contribution in [0, 0.1) is 0 Å². The van der Waals surface area contributed by atoms with Crippen LogP contribution in [0.3, 0.4) is 0 Å². The Morgan fingerprint density at radius 3 is 2.37 bits per heavy atom. The largest absolute Gasteiger partial charge is 0.469 e. The van der Waals surface area contributed by atoms with Gasteiger partial charge in [-0.25, -0.2) is 0 Å². The summed E-state index contributed by atoms with van der Waals surface area (Å²) >= 11 is 0. The van der Waals surface area contributed by atoms with Gasteiger partial charge in [0, 0.05) is 5.54 Å². The third-order valence-electron chi connectivity index (χ3n) is 4.35. The van der Waals surface area contributed by atoms with Gasteiger partial charge in [-0.05, 0) is 37.6 Å². The first kappa shape index (κ1) is 20.5. The van der Waals surface area contributed by atoms with Gasteiger partial charge in [0.25, 0.3) is 0 Å². The van der Waals surface area contributed by atoms with Gasteiger partial charge in [0.2, 0.25) is 5.91 Å². The Morgan fingerprint density at radius 1 is 1.04 bits per heavy atom. The minimum absolute atomic E-state index is 0.0704. The van der Waals surface area contributed by atoms with Crippen LogP contribution in [0.4, 0.5) is 5.69 Å². The topological polar surface area (TPSA) is 76.7 Å². The second-order valence-corrected chi connectivity index (χ2v) is 6.48. The summed E-state index contributed by atoms with van der Waals surface area (Å²) in [6, 6.07) is 16.6. The van der Waals surface area contributed by atoms with Crippen LogP contribution >= 0.6 is 0 Å². The van der Waals surface area contributed by atoms with Crippen molar-refractivity contribution in [2.75, 3.05) is 19.0 Å². The third kappa shape index (κ3) is 6.42. The molecular formula is C21H26N2O4. The van der Waals surface area contributed by atoms with Crippen LogP contribution in [0.5, 0.6) is 11.5 Å². The van der Waals surface area contributed by atoms with E-state index in [0.717, 1.165) is 0 Å². The molecule has 0 fully saturated rings. The molecule has 0 aliphatic rings. The number of para-hydroxylation sites is 3. The molecule has 0 bridgehead atoms. The standard InChI is InChI=1S/C21H26N2O4/c1-4-21(2,14-20(25)26-3)22-15-19(24)23-17-12-8-9-13-18(17)27-16-10-6-5-7-11-16/h5-13,22H,4,14-15H2,1-3H3,(H,23,24)/t21-/m0/s1. The minimum atomic E-state index is -0.509. The predicted molar refractivity (Wildman–Crippen MR) is 105 cm³/mol. The zero-order chi connectivity index (χ0) is 19.7. The summed E-state index contributed by atoms with van der Waals surface area (Å²) in [7, 11) is 1.36. The lowest BCUT2D eigenvalue weighted by molar-refractivity contribution is -0.142. The van der Waals surface area contributed by atoms with E-state index in [4.69, 9.17) is 9.47 Å². The van der Waals surface area contributed by atoms with Crippen molar-refractivity contribution >= 4 is 17.6 Å². The van der Waals surface area contributed by atoms with E-state index >= 15 is 0 Å². The number of carbonyl (C=O) groups excluding carboxylic acids is 2. The Kier molecular flexibility index (Phi) is 7.37. The lowest BCUT2D eigenvalue weighted by atomic mass is 9.94. The van der Waals surface area contributed by atoms with Crippen LogP contribution in [0.1, 0.15) is 26.7 Å². The van der Waals surface area contributed by atoms with E-state index in [2.05, 4.69) is 10.6 Å². The molecule has 144 valence electrons. The van der Waals surface area contributed by atoms with Gasteiger partial charge in [-0.3, -0.25) is 9.59 Å². The van der Waals surface area contributed by atoms with Crippen molar-refractivity contribution in [3.05, 3.63) is 54.6 Å². The van der Waals surface area contributed by atoms with Crippen LogP contribution in [0.2, 0.25) is 0 Å². The van der Waals surface area contributed by atoms with Crippen molar-refractivity contribution < 1.29 is 19.1 Å². The molecular weight excluding hydrogens is 344 g/mol. The van der Waals surface area contributed by atoms with Crippen molar-refractivity contribution in [2.24, 2.45) is 0 Å². The highest BCUT2D eigenvalue weighted by atomic mass is 16.5. The molecule has 0 spiro atoms. The van der Waals surface area contributed by atoms with E-state index < -0.39 is 5.54 Å². The average molecular weight is 370 g/mol. The van der Waals surface area contributed by atoms with Gasteiger partial charge in [-0.2, -0.15) is 0 Å². The zero-order valence-corrected chi connectivity index (χ0v) is 16.0. The molecule has 2 N–H and O–H groups in total. The number of hydrogen-bond acceptors (Lipinski definition) is 5. The highest BCUT2D eigenvalue weighted by Crippen LogP contribution is 2.29. The molecule has 0 heterocycles. The fraction of sp³-hybridized carbons (Fsp3) is 0.333. The van der Waals surface area contributed by atoms with Crippen molar-refractivity contribution in [2.45, 2.75) is 32.2 Å². The quantitative estimate of drug-likeness (QED) is 0.658. The number of nitrogens with one attached hydrogen (secondary N) is 2. The Hall–Kier alpha value is -2.86. The summed E-state index contributed by atoms with van der Waals surface area (Å²) in [5.74, 6) is 0.719. The zero-order valence-electron chi connectivity index (χ0n) is 16.0. The van der Waals surface area contributed by atoms with E-state index in [1.807, 2.05) is 56.3 Å². The Labute approximate surface area is 159 Å². The molecule has 0 unspecified atom stereocenters. The van der Waals surface area contributed by atoms with Crippen molar-refractivity contribution in [1.29, 1.82) is 0 Å². The predicted octanol–water partition coefficient (Wildman–Crippen LogP) is 3.74. The Bertz CT molecular complexity index is 764. The Morgan fingerprint density at radius 2 is 1.70 bits per heavy atom. The number of carbonyl (C=O) groups is 2. The molecule has 6 nitrogen and oxygen atoms in total. The SMILES string of the molecule is CC[C@@](C)(CC(=O)OC)NCC(=O)Nc1ccccc1Oc1ccccc1. The third-order valence-corrected chi connectivity index (χ3v) is 4.35. The molecule has 2 aromatic carbocycles. The molecule has 0 saturated carbocycles. The number of methoxy groups -OCH3 is 1. The van der Waals surface area contributed by atoms with Crippen LogP contribution in [0.15, 0.2) is 54.6 Å². The second kappa shape index (κ2) is 9.73. The number of hydrogen-bond donors (Lipinski definition) is 2. The fourth-order valence-corrected chi connectivity index (χ4v) is 2.47. The maximum Gasteiger partial charge on any atom is 0.307 e. The van der Waals surface area contributed by atoms with Gasteiger partial charge in [0.05, 0.1) is 25.8 Å². The molecule has 0 saturated heterocycles. The lowest BCUT2D eigenvalue weighted by Gasteiger charge is -2.28. The van der Waals surface area contributed by atoms with Crippen molar-refractivity contribution in [1.82, 2.24) is 5.32 Å². The van der Waals surface area contributed by atoms with Gasteiger partial charge in [0.15, 0.2) is 5.75 Å². The van der Waals surface area contributed by atoms with Crippen molar-refractivity contribution in [3.63, 3.8) is 0 Å². The van der Waals surface area contributed by atoms with Gasteiger partial charge in [0.1, 0.15) is 5.75 Å². The van der Waals surface area contributed by atoms with E-state index in [1.54, 1.807) is 12.1 Å². The van der Waals surface area contributed by atoms with E-state index in [9.17, 15) is 9.59 Å². The molecule has 6 heteroatoms. The summed E-state index contributed by atoms with van der Waals surface area (Å²) in [6.45, 7) is 3.92. The first-order valence-electron chi connectivity index (χ1n) is 8.89. The van der Waals surface area contributed by atoms with E-state index in [-0.39, 0.29) is 24.8 Å². The van der Waals surface area contributed by atoms with Crippen LogP contribution in [0.25, 0.3) is 0 Å². The highest BCUT2D eigenvalue weighted by Gasteiger charge is 2.26. The number of amides is 1. The van der Waals surface area contributed by atoms with Crippen LogP contribution < -0.4 is 15.4 Å². The monoisotopic (exact) mass is 370 g/mol. The van der Waals surface area contributed by atoms with E-state index in [0.29, 0.717) is 23.6 Å². The normalized spacial score (nSPS) is 12.7. The lowest BCUT2D eigenvalue weighted by Crippen LogP contribution is -2.47.